The Morgan fingerprint density at radius 2 is 1.58 bits per heavy atom. The van der Waals surface area contributed by atoms with Crippen molar-refractivity contribution in [1.82, 2.24) is 14.7 Å². The molecule has 0 radical (unpaired) electrons. The van der Waals surface area contributed by atoms with Crippen LogP contribution in [0.4, 0.5) is 0 Å². The summed E-state index contributed by atoms with van der Waals surface area (Å²) in [5, 5.41) is 8.87. The van der Waals surface area contributed by atoms with Gasteiger partial charge >= 0.3 is 0 Å². The lowest BCUT2D eigenvalue weighted by atomic mass is 10.3. The Hall–Kier alpha value is -0.650. The van der Waals surface area contributed by atoms with Gasteiger partial charge in [0, 0.05) is 39.3 Å². The minimum Gasteiger partial charge on any atom is -0.396 e. The fourth-order valence-electron chi connectivity index (χ4n) is 2.96. The molecule has 0 aromatic heterocycles. The van der Waals surface area contributed by atoms with Crippen molar-refractivity contribution >= 4 is 5.91 Å². The number of hydrogen-bond acceptors (Lipinski definition) is 4. The van der Waals surface area contributed by atoms with Crippen LogP contribution in [0.2, 0.25) is 0 Å². The van der Waals surface area contributed by atoms with Crippen LogP contribution in [0.5, 0.6) is 0 Å². The highest BCUT2D eigenvalue weighted by atomic mass is 16.3. The van der Waals surface area contributed by atoms with E-state index in [1.165, 1.54) is 12.8 Å². The number of likely N-dealkylation sites (tertiary alicyclic amines) is 1. The van der Waals surface area contributed by atoms with Crippen molar-refractivity contribution < 1.29 is 9.90 Å². The number of carbonyl (C=O) groups is 1. The van der Waals surface area contributed by atoms with Crippen molar-refractivity contribution in [3.63, 3.8) is 0 Å². The van der Waals surface area contributed by atoms with Gasteiger partial charge in [-0.3, -0.25) is 9.69 Å². The van der Waals surface area contributed by atoms with E-state index in [-0.39, 0.29) is 6.61 Å². The third-order valence-corrected chi connectivity index (χ3v) is 4.13. The number of aliphatic hydroxyl groups is 1. The average Bonchev–Trinajstić information content (AvgIpc) is 2.86. The summed E-state index contributed by atoms with van der Waals surface area (Å²) in [4.78, 5) is 18.8. The predicted molar refractivity (Wildman–Crippen MR) is 75.0 cm³/mol. The quantitative estimate of drug-likeness (QED) is 0.763. The minimum absolute atomic E-state index is 0.271. The van der Waals surface area contributed by atoms with Crippen molar-refractivity contribution in [3.05, 3.63) is 0 Å². The summed E-state index contributed by atoms with van der Waals surface area (Å²) in [5.41, 5.74) is 0. The standard InChI is InChI=1S/C14H27N3O2/c18-12-4-7-15-5-3-6-16(11-10-15)13-14(19)17-8-1-2-9-17/h18H,1-13H2. The fourth-order valence-corrected chi connectivity index (χ4v) is 2.96. The Morgan fingerprint density at radius 3 is 2.32 bits per heavy atom. The van der Waals surface area contributed by atoms with Gasteiger partial charge < -0.3 is 14.9 Å². The molecule has 2 aliphatic heterocycles. The number of hydrogen-bond donors (Lipinski definition) is 1. The van der Waals surface area contributed by atoms with E-state index in [2.05, 4.69) is 9.80 Å². The van der Waals surface area contributed by atoms with Crippen LogP contribution in [0.3, 0.4) is 0 Å². The maximum absolute atomic E-state index is 12.1. The SMILES string of the molecule is O=C(CN1CCCN(CCCO)CC1)N1CCCC1. The Kier molecular flexibility index (Phi) is 6.07. The molecule has 2 aliphatic rings. The van der Waals surface area contributed by atoms with E-state index in [0.717, 1.165) is 58.7 Å². The largest absolute Gasteiger partial charge is 0.396 e. The summed E-state index contributed by atoms with van der Waals surface area (Å²) in [5.74, 6) is 0.307. The maximum Gasteiger partial charge on any atom is 0.236 e. The van der Waals surface area contributed by atoms with Crippen LogP contribution in [0.1, 0.15) is 25.7 Å². The molecular weight excluding hydrogens is 242 g/mol. The Labute approximate surface area is 116 Å². The summed E-state index contributed by atoms with van der Waals surface area (Å²) in [7, 11) is 0. The van der Waals surface area contributed by atoms with Crippen LogP contribution in [-0.2, 0) is 4.79 Å². The first-order chi connectivity index (χ1) is 9.29. The molecule has 5 heteroatoms. The van der Waals surface area contributed by atoms with Gasteiger partial charge in [-0.15, -0.1) is 0 Å². The molecule has 0 aromatic rings. The van der Waals surface area contributed by atoms with Gasteiger partial charge in [0.05, 0.1) is 6.54 Å². The van der Waals surface area contributed by atoms with Gasteiger partial charge in [0.1, 0.15) is 0 Å². The van der Waals surface area contributed by atoms with Crippen molar-refractivity contribution in [2.45, 2.75) is 25.7 Å². The summed E-state index contributed by atoms with van der Waals surface area (Å²) in [6, 6.07) is 0. The summed E-state index contributed by atoms with van der Waals surface area (Å²) >= 11 is 0. The van der Waals surface area contributed by atoms with E-state index >= 15 is 0 Å². The topological polar surface area (TPSA) is 47.0 Å². The van der Waals surface area contributed by atoms with Gasteiger partial charge in [-0.1, -0.05) is 0 Å². The molecule has 2 heterocycles. The molecule has 2 saturated heterocycles. The van der Waals surface area contributed by atoms with E-state index in [1.54, 1.807) is 0 Å². The minimum atomic E-state index is 0.271. The van der Waals surface area contributed by atoms with Gasteiger partial charge in [-0.25, -0.2) is 0 Å². The van der Waals surface area contributed by atoms with Gasteiger partial charge in [0.25, 0.3) is 0 Å². The van der Waals surface area contributed by atoms with E-state index in [4.69, 9.17) is 5.11 Å². The first-order valence-corrected chi connectivity index (χ1v) is 7.63. The van der Waals surface area contributed by atoms with E-state index in [1.807, 2.05) is 4.90 Å². The first-order valence-electron chi connectivity index (χ1n) is 7.63. The second kappa shape index (κ2) is 7.82. The summed E-state index contributed by atoms with van der Waals surface area (Å²) in [6.07, 6.45) is 4.31. The van der Waals surface area contributed by atoms with Crippen molar-refractivity contribution in [2.24, 2.45) is 0 Å². The lowest BCUT2D eigenvalue weighted by Crippen LogP contribution is -2.40. The van der Waals surface area contributed by atoms with Gasteiger partial charge in [0.15, 0.2) is 0 Å². The Balaban J connectivity index is 1.71. The zero-order chi connectivity index (χ0) is 13.5. The Morgan fingerprint density at radius 1 is 0.895 bits per heavy atom. The maximum atomic E-state index is 12.1. The monoisotopic (exact) mass is 269 g/mol. The molecule has 0 atom stereocenters. The lowest BCUT2D eigenvalue weighted by molar-refractivity contribution is -0.131. The van der Waals surface area contributed by atoms with E-state index in [0.29, 0.717) is 12.5 Å². The number of nitrogens with zero attached hydrogens (tertiary/aromatic N) is 3. The Bertz CT molecular complexity index is 280. The fraction of sp³-hybridized carbons (Fsp3) is 0.929. The van der Waals surface area contributed by atoms with Crippen molar-refractivity contribution in [2.75, 3.05) is 59.0 Å². The van der Waals surface area contributed by atoms with Gasteiger partial charge in [-0.05, 0) is 38.8 Å². The van der Waals surface area contributed by atoms with Crippen molar-refractivity contribution in [1.29, 1.82) is 0 Å². The van der Waals surface area contributed by atoms with E-state index < -0.39 is 0 Å². The molecule has 2 fully saturated rings. The predicted octanol–water partition coefficient (Wildman–Crippen LogP) is -0.00110. The lowest BCUT2D eigenvalue weighted by Gasteiger charge is -2.23. The smallest absolute Gasteiger partial charge is 0.236 e. The molecule has 0 aromatic carbocycles. The molecule has 2 rings (SSSR count). The molecular formula is C14H27N3O2. The highest BCUT2D eigenvalue weighted by Gasteiger charge is 2.22. The molecule has 5 nitrogen and oxygen atoms in total. The zero-order valence-corrected chi connectivity index (χ0v) is 11.9. The number of carbonyl (C=O) groups excluding carboxylic acids is 1. The summed E-state index contributed by atoms with van der Waals surface area (Å²) in [6.45, 7) is 7.86. The highest BCUT2D eigenvalue weighted by Crippen LogP contribution is 2.09. The molecule has 1 N–H and O–H groups in total. The van der Waals surface area contributed by atoms with Crippen molar-refractivity contribution in [3.8, 4) is 0 Å². The number of aliphatic hydroxyl groups excluding tert-OH is 1. The molecule has 0 spiro atoms. The molecule has 0 unspecified atom stereocenters. The molecule has 0 bridgehead atoms. The second-order valence-corrected chi connectivity index (χ2v) is 5.64. The normalized spacial score (nSPS) is 22.7. The third kappa shape index (κ3) is 4.75. The third-order valence-electron chi connectivity index (χ3n) is 4.13. The second-order valence-electron chi connectivity index (χ2n) is 5.64. The van der Waals surface area contributed by atoms with E-state index in [9.17, 15) is 4.79 Å². The van der Waals surface area contributed by atoms with Gasteiger partial charge in [0.2, 0.25) is 5.91 Å². The molecule has 19 heavy (non-hydrogen) atoms. The molecule has 0 saturated carbocycles. The number of rotatable bonds is 5. The first kappa shape index (κ1) is 14.8. The van der Waals surface area contributed by atoms with Crippen LogP contribution >= 0.6 is 0 Å². The van der Waals surface area contributed by atoms with Crippen LogP contribution in [0.25, 0.3) is 0 Å². The number of amides is 1. The van der Waals surface area contributed by atoms with Crippen LogP contribution in [-0.4, -0.2) is 84.7 Å². The highest BCUT2D eigenvalue weighted by molar-refractivity contribution is 5.78. The van der Waals surface area contributed by atoms with Crippen LogP contribution in [0.15, 0.2) is 0 Å². The molecule has 1 amide bonds. The van der Waals surface area contributed by atoms with Gasteiger partial charge in [-0.2, -0.15) is 0 Å². The van der Waals surface area contributed by atoms with Crippen LogP contribution in [0, 0.1) is 0 Å². The summed E-state index contributed by atoms with van der Waals surface area (Å²) < 4.78 is 0. The zero-order valence-electron chi connectivity index (χ0n) is 11.9. The molecule has 0 aliphatic carbocycles. The molecule has 110 valence electrons. The van der Waals surface area contributed by atoms with Crippen LogP contribution < -0.4 is 0 Å². The average molecular weight is 269 g/mol.